The second kappa shape index (κ2) is 9.62. The number of nitrogens with one attached hydrogen (secondary N) is 2. The summed E-state index contributed by atoms with van der Waals surface area (Å²) in [5, 5.41) is 15.1. The van der Waals surface area contributed by atoms with Crippen LogP contribution in [0.25, 0.3) is 0 Å². The first-order chi connectivity index (χ1) is 15.4. The average Bonchev–Trinajstić information content (AvgIpc) is 3.28. The van der Waals surface area contributed by atoms with Gasteiger partial charge in [0, 0.05) is 29.7 Å². The summed E-state index contributed by atoms with van der Waals surface area (Å²) in [7, 11) is 0. The van der Waals surface area contributed by atoms with Gasteiger partial charge in [-0.15, -0.1) is 10.2 Å². The summed E-state index contributed by atoms with van der Waals surface area (Å²) in [5.74, 6) is -0.892. The van der Waals surface area contributed by atoms with Crippen LogP contribution >= 0.6 is 22.9 Å². The molecule has 1 fully saturated rings. The van der Waals surface area contributed by atoms with Crippen LogP contribution in [0.5, 0.6) is 0 Å². The van der Waals surface area contributed by atoms with Crippen LogP contribution in [0.15, 0.2) is 42.5 Å². The van der Waals surface area contributed by atoms with Crippen molar-refractivity contribution >= 4 is 46.3 Å². The van der Waals surface area contributed by atoms with Crippen molar-refractivity contribution in [3.63, 3.8) is 0 Å². The van der Waals surface area contributed by atoms with Gasteiger partial charge in [-0.1, -0.05) is 41.1 Å². The van der Waals surface area contributed by atoms with Gasteiger partial charge in [0.1, 0.15) is 10.8 Å². The Hall–Kier alpha value is -3.04. The van der Waals surface area contributed by atoms with Crippen LogP contribution < -0.4 is 10.6 Å². The number of benzene rings is 2. The number of aryl methyl sites for hydroxylation is 1. The number of para-hydroxylation sites is 1. The Morgan fingerprint density at radius 2 is 1.88 bits per heavy atom. The Kier molecular flexibility index (Phi) is 6.66. The molecule has 0 radical (unpaired) electrons. The number of halogens is 2. The van der Waals surface area contributed by atoms with E-state index in [-0.39, 0.29) is 22.6 Å². The SMILES string of the molecule is Cc1ccc(NC(=O)N2CCC(c3nnc(C(=O)Nc4ccccc4F)s3)CC2)cc1Cl. The lowest BCUT2D eigenvalue weighted by Gasteiger charge is -2.31. The predicted octanol–water partition coefficient (Wildman–Crippen LogP) is 5.30. The molecule has 0 spiro atoms. The van der Waals surface area contributed by atoms with Gasteiger partial charge in [0.25, 0.3) is 5.91 Å². The van der Waals surface area contributed by atoms with E-state index in [4.69, 9.17) is 11.6 Å². The van der Waals surface area contributed by atoms with Crippen molar-refractivity contribution in [1.29, 1.82) is 0 Å². The van der Waals surface area contributed by atoms with Crippen LogP contribution in [0.1, 0.15) is 39.1 Å². The standard InChI is InChI=1S/C22H21ClFN5O2S/c1-13-6-7-15(12-16(13)23)25-22(31)29-10-8-14(9-11-29)20-27-28-21(32-20)19(30)26-18-5-3-2-4-17(18)24/h2-7,12,14H,8-11H2,1H3,(H,25,31)(H,26,30). The minimum Gasteiger partial charge on any atom is -0.324 e. The highest BCUT2D eigenvalue weighted by atomic mass is 35.5. The molecule has 0 bridgehead atoms. The van der Waals surface area contributed by atoms with Gasteiger partial charge in [-0.3, -0.25) is 4.79 Å². The van der Waals surface area contributed by atoms with Crippen molar-refractivity contribution in [2.75, 3.05) is 23.7 Å². The number of piperidine rings is 1. The molecular weight excluding hydrogens is 453 g/mol. The summed E-state index contributed by atoms with van der Waals surface area (Å²) in [6.07, 6.45) is 1.43. The zero-order valence-corrected chi connectivity index (χ0v) is 18.8. The van der Waals surface area contributed by atoms with Gasteiger partial charge in [0.2, 0.25) is 5.01 Å². The van der Waals surface area contributed by atoms with Crippen molar-refractivity contribution < 1.29 is 14.0 Å². The lowest BCUT2D eigenvalue weighted by atomic mass is 9.98. The highest BCUT2D eigenvalue weighted by Crippen LogP contribution is 2.31. The predicted molar refractivity (Wildman–Crippen MR) is 123 cm³/mol. The Bertz CT molecular complexity index is 1150. The maximum absolute atomic E-state index is 13.7. The molecule has 32 heavy (non-hydrogen) atoms. The number of carbonyl (C=O) groups is 2. The number of hydrogen-bond donors (Lipinski definition) is 2. The quantitative estimate of drug-likeness (QED) is 0.538. The number of rotatable bonds is 4. The monoisotopic (exact) mass is 473 g/mol. The number of urea groups is 1. The molecule has 1 aliphatic heterocycles. The first-order valence-corrected chi connectivity index (χ1v) is 11.3. The minimum atomic E-state index is -0.510. The fourth-order valence-corrected chi connectivity index (χ4v) is 4.52. The molecular formula is C22H21ClFN5O2S. The summed E-state index contributed by atoms with van der Waals surface area (Å²) >= 11 is 7.32. The summed E-state index contributed by atoms with van der Waals surface area (Å²) in [6, 6.07) is 11.2. The molecule has 2 heterocycles. The lowest BCUT2D eigenvalue weighted by molar-refractivity contribution is 0.102. The van der Waals surface area contributed by atoms with Crippen molar-refractivity contribution in [2.24, 2.45) is 0 Å². The maximum Gasteiger partial charge on any atom is 0.321 e. The second-order valence-corrected chi connectivity index (χ2v) is 8.95. The smallest absolute Gasteiger partial charge is 0.321 e. The Morgan fingerprint density at radius 1 is 1.12 bits per heavy atom. The van der Waals surface area contributed by atoms with E-state index in [0.717, 1.165) is 10.6 Å². The Morgan fingerprint density at radius 3 is 2.59 bits per heavy atom. The third-order valence-electron chi connectivity index (χ3n) is 5.31. The van der Waals surface area contributed by atoms with E-state index in [1.807, 2.05) is 19.1 Å². The van der Waals surface area contributed by atoms with E-state index in [2.05, 4.69) is 20.8 Å². The molecule has 10 heteroatoms. The highest BCUT2D eigenvalue weighted by Gasteiger charge is 2.27. The van der Waals surface area contributed by atoms with Gasteiger partial charge < -0.3 is 15.5 Å². The van der Waals surface area contributed by atoms with Gasteiger partial charge >= 0.3 is 6.03 Å². The fraction of sp³-hybridized carbons (Fsp3) is 0.273. The first-order valence-electron chi connectivity index (χ1n) is 10.1. The van der Waals surface area contributed by atoms with E-state index in [1.165, 1.54) is 23.5 Å². The maximum atomic E-state index is 13.7. The van der Waals surface area contributed by atoms with E-state index >= 15 is 0 Å². The van der Waals surface area contributed by atoms with Crippen LogP contribution in [0.4, 0.5) is 20.6 Å². The minimum absolute atomic E-state index is 0.100. The number of carbonyl (C=O) groups excluding carboxylic acids is 2. The van der Waals surface area contributed by atoms with E-state index in [1.54, 1.807) is 23.1 Å². The topological polar surface area (TPSA) is 87.2 Å². The van der Waals surface area contributed by atoms with Crippen molar-refractivity contribution in [2.45, 2.75) is 25.7 Å². The van der Waals surface area contributed by atoms with Gasteiger partial charge in [-0.05, 0) is 49.6 Å². The van der Waals surface area contributed by atoms with Crippen LogP contribution in [0.2, 0.25) is 5.02 Å². The summed E-state index contributed by atoms with van der Waals surface area (Å²) in [5.41, 5.74) is 1.70. The zero-order valence-electron chi connectivity index (χ0n) is 17.3. The number of aromatic nitrogens is 2. The van der Waals surface area contributed by atoms with Gasteiger partial charge in [0.05, 0.1) is 5.69 Å². The lowest BCUT2D eigenvalue weighted by Crippen LogP contribution is -2.40. The van der Waals surface area contributed by atoms with Gasteiger partial charge in [0.15, 0.2) is 0 Å². The molecule has 0 unspecified atom stereocenters. The summed E-state index contributed by atoms with van der Waals surface area (Å²) in [6.45, 7) is 3.03. The number of nitrogens with zero attached hydrogens (tertiary/aromatic N) is 3. The number of hydrogen-bond acceptors (Lipinski definition) is 5. The van der Waals surface area contributed by atoms with E-state index < -0.39 is 11.7 Å². The Labute approximate surface area is 193 Å². The number of amides is 3. The van der Waals surface area contributed by atoms with Crippen LogP contribution in [-0.2, 0) is 0 Å². The third-order valence-corrected chi connectivity index (χ3v) is 6.80. The summed E-state index contributed by atoms with van der Waals surface area (Å²) < 4.78 is 13.7. The van der Waals surface area contributed by atoms with Crippen LogP contribution in [0, 0.1) is 12.7 Å². The molecule has 3 amide bonds. The molecule has 1 aromatic heterocycles. The molecule has 0 saturated carbocycles. The summed E-state index contributed by atoms with van der Waals surface area (Å²) in [4.78, 5) is 26.7. The second-order valence-electron chi connectivity index (χ2n) is 7.53. The molecule has 2 N–H and O–H groups in total. The van der Waals surface area contributed by atoms with E-state index in [9.17, 15) is 14.0 Å². The molecule has 166 valence electrons. The highest BCUT2D eigenvalue weighted by molar-refractivity contribution is 7.13. The van der Waals surface area contributed by atoms with Crippen molar-refractivity contribution in [3.05, 3.63) is 68.9 Å². The molecule has 3 aromatic rings. The molecule has 1 saturated heterocycles. The number of anilines is 2. The normalized spacial score (nSPS) is 14.3. The molecule has 7 nitrogen and oxygen atoms in total. The largest absolute Gasteiger partial charge is 0.324 e. The molecule has 0 aliphatic carbocycles. The van der Waals surface area contributed by atoms with Crippen molar-refractivity contribution in [1.82, 2.24) is 15.1 Å². The third kappa shape index (κ3) is 5.05. The molecule has 4 rings (SSSR count). The first kappa shape index (κ1) is 22.2. The van der Waals surface area contributed by atoms with Gasteiger partial charge in [-0.25, -0.2) is 9.18 Å². The number of likely N-dealkylation sites (tertiary alicyclic amines) is 1. The Balaban J connectivity index is 1.32. The molecule has 2 aromatic carbocycles. The average molecular weight is 474 g/mol. The fourth-order valence-electron chi connectivity index (χ4n) is 3.43. The zero-order chi connectivity index (χ0) is 22.7. The van der Waals surface area contributed by atoms with E-state index in [0.29, 0.717) is 36.6 Å². The van der Waals surface area contributed by atoms with Crippen LogP contribution in [-0.4, -0.2) is 40.1 Å². The molecule has 1 aliphatic rings. The molecule has 0 atom stereocenters. The van der Waals surface area contributed by atoms with Crippen LogP contribution in [0.3, 0.4) is 0 Å². The van der Waals surface area contributed by atoms with Gasteiger partial charge in [-0.2, -0.15) is 0 Å². The van der Waals surface area contributed by atoms with Crippen molar-refractivity contribution in [3.8, 4) is 0 Å².